The van der Waals surface area contributed by atoms with Crippen LogP contribution in [-0.2, 0) is 4.79 Å². The normalized spacial score (nSPS) is 10.4. The zero-order valence-corrected chi connectivity index (χ0v) is 14.7. The van der Waals surface area contributed by atoms with Gasteiger partial charge in [-0.2, -0.15) is 0 Å². The molecule has 1 aromatic heterocycles. The van der Waals surface area contributed by atoms with Gasteiger partial charge in [0.15, 0.2) is 0 Å². The predicted molar refractivity (Wildman–Crippen MR) is 100.0 cm³/mol. The van der Waals surface area contributed by atoms with Gasteiger partial charge in [-0.3, -0.25) is 9.59 Å². The van der Waals surface area contributed by atoms with Gasteiger partial charge in [-0.25, -0.2) is 4.98 Å². The van der Waals surface area contributed by atoms with Crippen molar-refractivity contribution in [2.24, 2.45) is 0 Å². The van der Waals surface area contributed by atoms with Crippen LogP contribution in [-0.4, -0.2) is 48.9 Å². The highest BCUT2D eigenvalue weighted by atomic mass is 16.2. The summed E-state index contributed by atoms with van der Waals surface area (Å²) in [5.41, 5.74) is 1.69. The first-order valence-corrected chi connectivity index (χ1v) is 7.97. The molecule has 0 spiro atoms. The van der Waals surface area contributed by atoms with Gasteiger partial charge in [-0.05, 0) is 44.4 Å². The molecule has 0 bridgehead atoms. The molecule has 0 unspecified atom stereocenters. The lowest BCUT2D eigenvalue weighted by atomic mass is 10.2. The Morgan fingerprint density at radius 3 is 2.40 bits per heavy atom. The fourth-order valence-corrected chi connectivity index (χ4v) is 2.12. The Labute approximate surface area is 147 Å². The summed E-state index contributed by atoms with van der Waals surface area (Å²) in [5.74, 6) is 0.309. The Kier molecular flexibility index (Phi) is 6.47. The van der Waals surface area contributed by atoms with Crippen LogP contribution in [0.1, 0.15) is 17.3 Å². The zero-order chi connectivity index (χ0) is 18.2. The number of carbonyl (C=O) groups excluding carboxylic acids is 2. The lowest BCUT2D eigenvalue weighted by molar-refractivity contribution is -0.114. The van der Waals surface area contributed by atoms with E-state index >= 15 is 0 Å². The predicted octanol–water partition coefficient (Wildman–Crippen LogP) is 2.27. The highest BCUT2D eigenvalue weighted by Crippen LogP contribution is 2.16. The quantitative estimate of drug-likeness (QED) is 0.719. The minimum absolute atomic E-state index is 0.162. The first-order chi connectivity index (χ1) is 11.9. The van der Waals surface area contributed by atoms with E-state index in [0.717, 1.165) is 18.9 Å². The van der Waals surface area contributed by atoms with Gasteiger partial charge in [0.1, 0.15) is 5.82 Å². The Balaban J connectivity index is 1.95. The second-order valence-corrected chi connectivity index (χ2v) is 5.88. The summed E-state index contributed by atoms with van der Waals surface area (Å²) in [7, 11) is 4.01. The number of nitrogens with zero attached hydrogens (tertiary/aromatic N) is 2. The second-order valence-electron chi connectivity index (χ2n) is 5.88. The fourth-order valence-electron chi connectivity index (χ4n) is 2.12. The van der Waals surface area contributed by atoms with Crippen LogP contribution in [0.15, 0.2) is 42.6 Å². The van der Waals surface area contributed by atoms with Gasteiger partial charge in [-0.15, -0.1) is 0 Å². The standard InChI is InChI=1S/C18H23N5O2/c1-13(24)21-15-5-4-6-16(11-15)22-18(25)14-7-8-17(20-12-14)19-9-10-23(2)3/h4-8,11-12H,9-10H2,1-3H3,(H,19,20)(H,21,24)(H,22,25). The lowest BCUT2D eigenvalue weighted by Gasteiger charge is -2.11. The zero-order valence-electron chi connectivity index (χ0n) is 14.7. The summed E-state index contributed by atoms with van der Waals surface area (Å²) >= 11 is 0. The second kappa shape index (κ2) is 8.79. The third-order valence-corrected chi connectivity index (χ3v) is 3.33. The number of aromatic nitrogens is 1. The van der Waals surface area contributed by atoms with E-state index in [4.69, 9.17) is 0 Å². The van der Waals surface area contributed by atoms with E-state index in [9.17, 15) is 9.59 Å². The first kappa shape index (κ1) is 18.4. The van der Waals surface area contributed by atoms with E-state index in [-0.39, 0.29) is 11.8 Å². The molecule has 0 fully saturated rings. The molecule has 0 atom stereocenters. The average molecular weight is 341 g/mol. The van der Waals surface area contributed by atoms with Crippen molar-refractivity contribution in [1.82, 2.24) is 9.88 Å². The molecule has 7 nitrogen and oxygen atoms in total. The molecular weight excluding hydrogens is 318 g/mol. The van der Waals surface area contributed by atoms with Crippen LogP contribution in [0.3, 0.4) is 0 Å². The van der Waals surface area contributed by atoms with Crippen LogP contribution in [0.4, 0.5) is 17.2 Å². The van der Waals surface area contributed by atoms with Crippen LogP contribution < -0.4 is 16.0 Å². The number of likely N-dealkylation sites (N-methyl/N-ethyl adjacent to an activating group) is 1. The van der Waals surface area contributed by atoms with E-state index in [1.165, 1.54) is 13.1 Å². The number of anilines is 3. The van der Waals surface area contributed by atoms with Crippen molar-refractivity contribution in [1.29, 1.82) is 0 Å². The summed E-state index contributed by atoms with van der Waals surface area (Å²) in [6.07, 6.45) is 1.53. The van der Waals surface area contributed by atoms with Gasteiger partial charge in [0.2, 0.25) is 5.91 Å². The number of hydrogen-bond donors (Lipinski definition) is 3. The lowest BCUT2D eigenvalue weighted by Crippen LogP contribution is -2.21. The summed E-state index contributed by atoms with van der Waals surface area (Å²) < 4.78 is 0. The van der Waals surface area contributed by atoms with E-state index in [0.29, 0.717) is 16.9 Å². The van der Waals surface area contributed by atoms with Crippen LogP contribution in [0.5, 0.6) is 0 Å². The Hall–Kier alpha value is -2.93. The molecule has 2 aromatic rings. The van der Waals surface area contributed by atoms with Crippen molar-refractivity contribution in [3.8, 4) is 0 Å². The number of benzene rings is 1. The van der Waals surface area contributed by atoms with Crippen LogP contribution in [0.2, 0.25) is 0 Å². The van der Waals surface area contributed by atoms with Crippen molar-refractivity contribution in [2.45, 2.75) is 6.92 Å². The molecule has 0 saturated heterocycles. The molecule has 2 rings (SSSR count). The third-order valence-electron chi connectivity index (χ3n) is 3.33. The van der Waals surface area contributed by atoms with Crippen LogP contribution >= 0.6 is 0 Å². The van der Waals surface area contributed by atoms with Gasteiger partial charge in [-0.1, -0.05) is 6.07 Å². The highest BCUT2D eigenvalue weighted by molar-refractivity contribution is 6.04. The molecule has 7 heteroatoms. The third kappa shape index (κ3) is 6.23. The van der Waals surface area contributed by atoms with E-state index in [2.05, 4.69) is 25.8 Å². The van der Waals surface area contributed by atoms with Gasteiger partial charge >= 0.3 is 0 Å². The molecule has 3 N–H and O–H groups in total. The average Bonchev–Trinajstić information content (AvgIpc) is 2.55. The maximum atomic E-state index is 12.3. The number of carbonyl (C=O) groups is 2. The topological polar surface area (TPSA) is 86.4 Å². The Morgan fingerprint density at radius 1 is 1.08 bits per heavy atom. The minimum atomic E-state index is -0.257. The van der Waals surface area contributed by atoms with Gasteiger partial charge in [0.05, 0.1) is 5.56 Å². The molecule has 0 aliphatic heterocycles. The maximum Gasteiger partial charge on any atom is 0.257 e. The molecule has 1 aromatic carbocycles. The smallest absolute Gasteiger partial charge is 0.257 e. The number of nitrogens with one attached hydrogen (secondary N) is 3. The van der Waals surface area contributed by atoms with Crippen molar-refractivity contribution in [3.63, 3.8) is 0 Å². The summed E-state index contributed by atoms with van der Waals surface area (Å²) in [6.45, 7) is 3.11. The molecule has 2 amide bonds. The van der Waals surface area contributed by atoms with Crippen LogP contribution in [0.25, 0.3) is 0 Å². The number of pyridine rings is 1. The molecular formula is C18H23N5O2. The number of rotatable bonds is 7. The first-order valence-electron chi connectivity index (χ1n) is 7.97. The monoisotopic (exact) mass is 341 g/mol. The number of hydrogen-bond acceptors (Lipinski definition) is 5. The Bertz CT molecular complexity index is 729. The van der Waals surface area contributed by atoms with Gasteiger partial charge in [0, 0.05) is 37.6 Å². The molecule has 0 saturated carbocycles. The molecule has 0 aliphatic carbocycles. The summed E-state index contributed by atoms with van der Waals surface area (Å²) in [5, 5.41) is 8.66. The summed E-state index contributed by atoms with van der Waals surface area (Å²) in [4.78, 5) is 29.7. The maximum absolute atomic E-state index is 12.3. The summed E-state index contributed by atoms with van der Waals surface area (Å²) in [6, 6.07) is 10.5. The molecule has 25 heavy (non-hydrogen) atoms. The van der Waals surface area contributed by atoms with E-state index < -0.39 is 0 Å². The van der Waals surface area contributed by atoms with Crippen molar-refractivity contribution in [2.75, 3.05) is 43.1 Å². The van der Waals surface area contributed by atoms with Gasteiger partial charge < -0.3 is 20.9 Å². The van der Waals surface area contributed by atoms with Crippen LogP contribution in [0, 0.1) is 0 Å². The largest absolute Gasteiger partial charge is 0.369 e. The van der Waals surface area contributed by atoms with Crippen molar-refractivity contribution in [3.05, 3.63) is 48.2 Å². The van der Waals surface area contributed by atoms with E-state index in [1.807, 2.05) is 14.1 Å². The molecule has 1 heterocycles. The molecule has 132 valence electrons. The van der Waals surface area contributed by atoms with Crippen molar-refractivity contribution < 1.29 is 9.59 Å². The van der Waals surface area contributed by atoms with Gasteiger partial charge in [0.25, 0.3) is 5.91 Å². The van der Waals surface area contributed by atoms with Crippen molar-refractivity contribution >= 4 is 29.0 Å². The minimum Gasteiger partial charge on any atom is -0.369 e. The number of amides is 2. The highest BCUT2D eigenvalue weighted by Gasteiger charge is 2.07. The molecule has 0 radical (unpaired) electrons. The molecule has 0 aliphatic rings. The SMILES string of the molecule is CC(=O)Nc1cccc(NC(=O)c2ccc(NCCN(C)C)nc2)c1. The fraction of sp³-hybridized carbons (Fsp3) is 0.278. The van der Waals surface area contributed by atoms with E-state index in [1.54, 1.807) is 36.4 Å². The Morgan fingerprint density at radius 2 is 1.80 bits per heavy atom.